The molecule has 0 bridgehead atoms. The van der Waals surface area contributed by atoms with E-state index in [0.717, 1.165) is 24.2 Å². The summed E-state index contributed by atoms with van der Waals surface area (Å²) in [5.41, 5.74) is 0.0297. The molecule has 1 amide bonds. The molecule has 2 rings (SSSR count). The number of halogens is 2. The first-order valence-corrected chi connectivity index (χ1v) is 8.26. The summed E-state index contributed by atoms with van der Waals surface area (Å²) in [6.07, 6.45) is 0.777. The van der Waals surface area contributed by atoms with Crippen molar-refractivity contribution in [3.63, 3.8) is 0 Å². The van der Waals surface area contributed by atoms with E-state index in [1.165, 1.54) is 16.7 Å². The lowest BCUT2D eigenvalue weighted by molar-refractivity contribution is -0.115. The van der Waals surface area contributed by atoms with Crippen LogP contribution < -0.4 is 11.0 Å². The number of benzene rings is 1. The Morgan fingerprint density at radius 3 is 2.96 bits per heavy atom. The maximum absolute atomic E-state index is 13.0. The van der Waals surface area contributed by atoms with Crippen molar-refractivity contribution in [1.29, 1.82) is 0 Å². The Hall–Kier alpha value is -1.80. The van der Waals surface area contributed by atoms with E-state index in [-0.39, 0.29) is 16.6 Å². The lowest BCUT2D eigenvalue weighted by atomic mass is 10.3. The zero-order chi connectivity index (χ0) is 17.0. The van der Waals surface area contributed by atoms with Crippen LogP contribution in [0.25, 0.3) is 0 Å². The molecule has 0 fully saturated rings. The van der Waals surface area contributed by atoms with Crippen molar-refractivity contribution in [2.45, 2.75) is 37.2 Å². The maximum atomic E-state index is 13.0. The Morgan fingerprint density at radius 1 is 1.57 bits per heavy atom. The van der Waals surface area contributed by atoms with E-state index < -0.39 is 11.1 Å². The van der Waals surface area contributed by atoms with Gasteiger partial charge >= 0.3 is 5.69 Å². The van der Waals surface area contributed by atoms with Gasteiger partial charge in [-0.05, 0) is 31.5 Å². The van der Waals surface area contributed by atoms with Gasteiger partial charge in [-0.3, -0.25) is 9.36 Å². The third-order valence-electron chi connectivity index (χ3n) is 3.01. The molecule has 1 atom stereocenters. The van der Waals surface area contributed by atoms with Crippen molar-refractivity contribution in [1.82, 2.24) is 14.8 Å². The number of anilines is 1. The van der Waals surface area contributed by atoms with Crippen LogP contribution in [0.2, 0.25) is 5.02 Å². The second-order valence-electron chi connectivity index (χ2n) is 4.84. The van der Waals surface area contributed by atoms with Gasteiger partial charge in [-0.15, -0.1) is 5.10 Å². The molecule has 2 N–H and O–H groups in total. The third kappa shape index (κ3) is 4.35. The number of carbonyl (C=O) groups is 1. The van der Waals surface area contributed by atoms with Crippen LogP contribution in [-0.4, -0.2) is 25.9 Å². The van der Waals surface area contributed by atoms with Gasteiger partial charge in [-0.25, -0.2) is 14.3 Å². The summed E-state index contributed by atoms with van der Waals surface area (Å²) in [6, 6.07) is 3.74. The summed E-state index contributed by atoms with van der Waals surface area (Å²) in [6.45, 7) is 4.16. The Morgan fingerprint density at radius 2 is 2.30 bits per heavy atom. The van der Waals surface area contributed by atoms with Gasteiger partial charge < -0.3 is 5.32 Å². The minimum absolute atomic E-state index is 0.123. The highest BCUT2D eigenvalue weighted by Gasteiger charge is 2.19. The molecule has 6 nitrogen and oxygen atoms in total. The molecule has 9 heteroatoms. The second-order valence-corrected chi connectivity index (χ2v) is 6.55. The number of H-pyrrole nitrogens is 1. The van der Waals surface area contributed by atoms with Crippen molar-refractivity contribution < 1.29 is 9.18 Å². The van der Waals surface area contributed by atoms with Gasteiger partial charge in [0.25, 0.3) is 0 Å². The standard InChI is InChI=1S/C14H16ClFN4O2S/c1-3-6-20-13(22)18-19-14(20)23-8(2)12(21)17-11-5-4-9(16)7-10(11)15/h4-5,7-8H,3,6H2,1-2H3,(H,17,21)(H,18,22)/t8-/m1/s1. The highest BCUT2D eigenvalue weighted by Crippen LogP contribution is 2.25. The van der Waals surface area contributed by atoms with Crippen LogP contribution in [0.3, 0.4) is 0 Å². The fourth-order valence-corrected chi connectivity index (χ4v) is 2.95. The van der Waals surface area contributed by atoms with Gasteiger partial charge in [0.2, 0.25) is 5.91 Å². The van der Waals surface area contributed by atoms with Gasteiger partial charge in [0.15, 0.2) is 5.16 Å². The molecule has 0 spiro atoms. The molecule has 0 radical (unpaired) electrons. The Kier molecular flexibility index (Phi) is 5.84. The van der Waals surface area contributed by atoms with Gasteiger partial charge in [-0.1, -0.05) is 30.3 Å². The fourth-order valence-electron chi connectivity index (χ4n) is 1.85. The van der Waals surface area contributed by atoms with Crippen molar-refractivity contribution in [2.24, 2.45) is 0 Å². The quantitative estimate of drug-likeness (QED) is 0.778. The van der Waals surface area contributed by atoms with Crippen LogP contribution in [-0.2, 0) is 11.3 Å². The summed E-state index contributed by atoms with van der Waals surface area (Å²) >= 11 is 7.04. The minimum atomic E-state index is -0.512. The molecule has 23 heavy (non-hydrogen) atoms. The van der Waals surface area contributed by atoms with Crippen LogP contribution >= 0.6 is 23.4 Å². The molecule has 1 aromatic carbocycles. The molecule has 0 unspecified atom stereocenters. The monoisotopic (exact) mass is 358 g/mol. The van der Waals surface area contributed by atoms with Crippen molar-refractivity contribution in [3.05, 3.63) is 39.5 Å². The van der Waals surface area contributed by atoms with E-state index in [0.29, 0.717) is 17.4 Å². The first-order chi connectivity index (χ1) is 10.9. The minimum Gasteiger partial charge on any atom is -0.324 e. The molecular formula is C14H16ClFN4O2S. The predicted octanol–water partition coefficient (Wildman–Crippen LogP) is 2.89. The van der Waals surface area contributed by atoms with Crippen LogP contribution in [0.5, 0.6) is 0 Å². The number of nitrogens with one attached hydrogen (secondary N) is 2. The number of aromatic nitrogens is 3. The number of thioether (sulfide) groups is 1. The highest BCUT2D eigenvalue weighted by molar-refractivity contribution is 8.00. The maximum Gasteiger partial charge on any atom is 0.343 e. The van der Waals surface area contributed by atoms with E-state index in [9.17, 15) is 14.0 Å². The number of rotatable bonds is 6. The number of aromatic amines is 1. The number of carbonyl (C=O) groups excluding carboxylic acids is 1. The largest absolute Gasteiger partial charge is 0.343 e. The van der Waals surface area contributed by atoms with E-state index in [2.05, 4.69) is 15.5 Å². The van der Waals surface area contributed by atoms with E-state index in [4.69, 9.17) is 11.6 Å². The van der Waals surface area contributed by atoms with E-state index in [1.807, 2.05) is 6.92 Å². The van der Waals surface area contributed by atoms with Gasteiger partial charge in [-0.2, -0.15) is 0 Å². The Balaban J connectivity index is 2.07. The van der Waals surface area contributed by atoms with Crippen molar-refractivity contribution in [3.8, 4) is 0 Å². The van der Waals surface area contributed by atoms with Crippen LogP contribution in [0.15, 0.2) is 28.2 Å². The fraction of sp³-hybridized carbons (Fsp3) is 0.357. The predicted molar refractivity (Wildman–Crippen MR) is 88.5 cm³/mol. The zero-order valence-corrected chi connectivity index (χ0v) is 14.2. The van der Waals surface area contributed by atoms with Gasteiger partial charge in [0.05, 0.1) is 16.0 Å². The topological polar surface area (TPSA) is 79.8 Å². The van der Waals surface area contributed by atoms with Crippen LogP contribution in [0.1, 0.15) is 20.3 Å². The molecule has 2 aromatic rings. The Bertz CT molecular complexity index is 761. The first-order valence-electron chi connectivity index (χ1n) is 7.00. The van der Waals surface area contributed by atoms with Crippen molar-refractivity contribution >= 4 is 35.0 Å². The molecule has 0 aliphatic rings. The average Bonchev–Trinajstić information content (AvgIpc) is 2.83. The lowest BCUT2D eigenvalue weighted by Gasteiger charge is -2.12. The number of nitrogens with zero attached hydrogens (tertiary/aromatic N) is 2. The smallest absolute Gasteiger partial charge is 0.324 e. The molecule has 1 aromatic heterocycles. The van der Waals surface area contributed by atoms with Crippen LogP contribution in [0.4, 0.5) is 10.1 Å². The summed E-state index contributed by atoms with van der Waals surface area (Å²) in [7, 11) is 0. The Labute approximate surface area is 141 Å². The SMILES string of the molecule is CCCn1c(S[C@H](C)C(=O)Nc2ccc(F)cc2Cl)n[nH]c1=O. The molecule has 1 heterocycles. The lowest BCUT2D eigenvalue weighted by Crippen LogP contribution is -2.24. The summed E-state index contributed by atoms with van der Waals surface area (Å²) < 4.78 is 14.5. The summed E-state index contributed by atoms with van der Waals surface area (Å²) in [5.74, 6) is -0.794. The van der Waals surface area contributed by atoms with E-state index >= 15 is 0 Å². The zero-order valence-electron chi connectivity index (χ0n) is 12.6. The summed E-state index contributed by atoms with van der Waals surface area (Å²) in [4.78, 5) is 23.8. The highest BCUT2D eigenvalue weighted by atomic mass is 35.5. The number of amides is 1. The number of hydrogen-bond donors (Lipinski definition) is 2. The molecule has 124 valence electrons. The van der Waals surface area contributed by atoms with Gasteiger partial charge in [0.1, 0.15) is 5.82 Å². The average molecular weight is 359 g/mol. The van der Waals surface area contributed by atoms with E-state index in [1.54, 1.807) is 6.92 Å². The third-order valence-corrected chi connectivity index (χ3v) is 4.41. The molecular weight excluding hydrogens is 343 g/mol. The first kappa shape index (κ1) is 17.6. The van der Waals surface area contributed by atoms with Crippen molar-refractivity contribution in [2.75, 3.05) is 5.32 Å². The van der Waals surface area contributed by atoms with Crippen LogP contribution in [0, 0.1) is 5.82 Å². The molecule has 0 aliphatic carbocycles. The number of hydrogen-bond acceptors (Lipinski definition) is 4. The summed E-state index contributed by atoms with van der Waals surface area (Å²) in [5, 5.41) is 8.99. The molecule has 0 saturated heterocycles. The molecule has 0 aliphatic heterocycles. The molecule has 0 saturated carbocycles. The normalized spacial score (nSPS) is 12.2. The second kappa shape index (κ2) is 7.65. The van der Waals surface area contributed by atoms with Gasteiger partial charge in [0, 0.05) is 6.54 Å².